The number of rotatable bonds is 3. The fourth-order valence-electron chi connectivity index (χ4n) is 2.39. The molecule has 1 atom stereocenters. The summed E-state index contributed by atoms with van der Waals surface area (Å²) in [5, 5.41) is 9.17. The first-order valence-corrected chi connectivity index (χ1v) is 6.42. The number of likely N-dealkylation sites (tertiary alicyclic amines) is 1. The van der Waals surface area contributed by atoms with Gasteiger partial charge in [-0.05, 0) is 37.5 Å². The van der Waals surface area contributed by atoms with Gasteiger partial charge >= 0.3 is 5.97 Å². The zero-order valence-electron chi connectivity index (χ0n) is 11.1. The number of carboxylic acids is 1. The van der Waals surface area contributed by atoms with Crippen LogP contribution in [0, 0.1) is 5.82 Å². The van der Waals surface area contributed by atoms with Crippen LogP contribution in [0.15, 0.2) is 18.2 Å². The van der Waals surface area contributed by atoms with E-state index < -0.39 is 23.7 Å². The Kier molecular flexibility index (Phi) is 4.22. The van der Waals surface area contributed by atoms with Crippen LogP contribution in [-0.4, -0.2) is 41.6 Å². The lowest BCUT2D eigenvalue weighted by atomic mass is 10.0. The highest BCUT2D eigenvalue weighted by atomic mass is 19.1. The number of ether oxygens (including phenoxy) is 1. The molecule has 0 aliphatic carbocycles. The van der Waals surface area contributed by atoms with Crippen molar-refractivity contribution in [2.75, 3.05) is 13.7 Å². The molecule has 1 fully saturated rings. The number of methoxy groups -OCH3 is 1. The number of benzene rings is 1. The Hall–Kier alpha value is -2.11. The topological polar surface area (TPSA) is 66.8 Å². The molecule has 1 amide bonds. The number of carbonyl (C=O) groups excluding carboxylic acids is 1. The Labute approximate surface area is 116 Å². The molecular formula is C14H16FNO4. The molecule has 0 radical (unpaired) electrons. The predicted octanol–water partition coefficient (Wildman–Crippen LogP) is 1.91. The minimum atomic E-state index is -1.01. The van der Waals surface area contributed by atoms with Crippen molar-refractivity contribution < 1.29 is 23.8 Å². The van der Waals surface area contributed by atoms with E-state index in [2.05, 4.69) is 0 Å². The van der Waals surface area contributed by atoms with Gasteiger partial charge in [-0.3, -0.25) is 4.79 Å². The zero-order chi connectivity index (χ0) is 14.7. The first-order valence-electron chi connectivity index (χ1n) is 6.42. The van der Waals surface area contributed by atoms with Gasteiger partial charge in [0.15, 0.2) is 11.6 Å². The molecule has 1 aromatic rings. The number of amides is 1. The normalized spacial score (nSPS) is 18.7. The van der Waals surface area contributed by atoms with Gasteiger partial charge in [0.2, 0.25) is 0 Å². The van der Waals surface area contributed by atoms with Gasteiger partial charge < -0.3 is 14.7 Å². The molecule has 0 spiro atoms. The first-order chi connectivity index (χ1) is 9.54. The van der Waals surface area contributed by atoms with E-state index in [1.165, 1.54) is 24.1 Å². The van der Waals surface area contributed by atoms with Crippen molar-refractivity contribution >= 4 is 11.9 Å². The van der Waals surface area contributed by atoms with Crippen molar-refractivity contribution in [1.82, 2.24) is 4.90 Å². The molecular weight excluding hydrogens is 265 g/mol. The first kappa shape index (κ1) is 14.3. The van der Waals surface area contributed by atoms with E-state index in [9.17, 15) is 19.1 Å². The van der Waals surface area contributed by atoms with Crippen molar-refractivity contribution in [1.29, 1.82) is 0 Å². The van der Waals surface area contributed by atoms with Crippen LogP contribution < -0.4 is 4.74 Å². The van der Waals surface area contributed by atoms with Gasteiger partial charge in [-0.25, -0.2) is 9.18 Å². The lowest BCUT2D eigenvalue weighted by Gasteiger charge is -2.33. The van der Waals surface area contributed by atoms with Gasteiger partial charge in [-0.1, -0.05) is 0 Å². The van der Waals surface area contributed by atoms with Crippen molar-refractivity contribution in [2.45, 2.75) is 25.3 Å². The third-order valence-electron chi connectivity index (χ3n) is 3.45. The van der Waals surface area contributed by atoms with Crippen LogP contribution in [0.4, 0.5) is 4.39 Å². The van der Waals surface area contributed by atoms with Gasteiger partial charge in [0, 0.05) is 12.1 Å². The number of nitrogens with zero attached hydrogens (tertiary/aromatic N) is 1. The largest absolute Gasteiger partial charge is 0.494 e. The van der Waals surface area contributed by atoms with Crippen LogP contribution in [0.25, 0.3) is 0 Å². The highest BCUT2D eigenvalue weighted by molar-refractivity contribution is 5.97. The quantitative estimate of drug-likeness (QED) is 0.919. The summed E-state index contributed by atoms with van der Waals surface area (Å²) in [5.41, 5.74) is 0.233. The fourth-order valence-corrected chi connectivity index (χ4v) is 2.39. The molecule has 2 rings (SSSR count). The fraction of sp³-hybridized carbons (Fsp3) is 0.429. The number of halogens is 1. The highest BCUT2D eigenvalue weighted by Gasteiger charge is 2.32. The summed E-state index contributed by atoms with van der Waals surface area (Å²) in [6.07, 6.45) is 2.00. The molecule has 1 N–H and O–H groups in total. The zero-order valence-corrected chi connectivity index (χ0v) is 11.1. The third kappa shape index (κ3) is 2.74. The maximum Gasteiger partial charge on any atom is 0.326 e. The summed E-state index contributed by atoms with van der Waals surface area (Å²) in [7, 11) is 1.31. The highest BCUT2D eigenvalue weighted by Crippen LogP contribution is 2.23. The number of hydrogen-bond donors (Lipinski definition) is 1. The van der Waals surface area contributed by atoms with Crippen molar-refractivity contribution in [3.05, 3.63) is 29.6 Å². The van der Waals surface area contributed by atoms with Crippen LogP contribution in [0.1, 0.15) is 29.6 Å². The second-order valence-corrected chi connectivity index (χ2v) is 4.70. The van der Waals surface area contributed by atoms with Crippen LogP contribution in [0.5, 0.6) is 5.75 Å². The summed E-state index contributed by atoms with van der Waals surface area (Å²) >= 11 is 0. The molecule has 0 bridgehead atoms. The van der Waals surface area contributed by atoms with E-state index in [0.717, 1.165) is 18.9 Å². The maximum absolute atomic E-state index is 13.3. The van der Waals surface area contributed by atoms with E-state index in [1.54, 1.807) is 0 Å². The maximum atomic E-state index is 13.3. The minimum Gasteiger partial charge on any atom is -0.494 e. The number of carboxylic acid groups (broad SMARTS) is 1. The Morgan fingerprint density at radius 1 is 1.40 bits per heavy atom. The van der Waals surface area contributed by atoms with Crippen LogP contribution in [0.2, 0.25) is 0 Å². The summed E-state index contributed by atoms with van der Waals surface area (Å²) < 4.78 is 18.2. The van der Waals surface area contributed by atoms with E-state index in [0.29, 0.717) is 13.0 Å². The van der Waals surface area contributed by atoms with Crippen LogP contribution in [0.3, 0.4) is 0 Å². The molecule has 1 heterocycles. The van der Waals surface area contributed by atoms with E-state index >= 15 is 0 Å². The van der Waals surface area contributed by atoms with Crippen molar-refractivity contribution in [3.8, 4) is 5.75 Å². The minimum absolute atomic E-state index is 0.0280. The number of hydrogen-bond acceptors (Lipinski definition) is 3. The molecule has 20 heavy (non-hydrogen) atoms. The number of aliphatic carboxylic acids is 1. The Balaban J connectivity index is 2.27. The number of carbonyl (C=O) groups is 2. The van der Waals surface area contributed by atoms with Gasteiger partial charge in [0.1, 0.15) is 6.04 Å². The lowest BCUT2D eigenvalue weighted by molar-refractivity contribution is -0.143. The summed E-state index contributed by atoms with van der Waals surface area (Å²) in [6, 6.07) is 2.97. The summed E-state index contributed by atoms with van der Waals surface area (Å²) in [4.78, 5) is 24.9. The molecule has 1 aromatic carbocycles. The van der Waals surface area contributed by atoms with Gasteiger partial charge in [0.05, 0.1) is 7.11 Å². The van der Waals surface area contributed by atoms with Crippen molar-refractivity contribution in [2.24, 2.45) is 0 Å². The SMILES string of the molecule is COc1cc(C(=O)N2CCCC[C@H]2C(=O)O)ccc1F. The third-order valence-corrected chi connectivity index (χ3v) is 3.45. The second-order valence-electron chi connectivity index (χ2n) is 4.70. The van der Waals surface area contributed by atoms with Gasteiger partial charge in [-0.15, -0.1) is 0 Å². The van der Waals surface area contributed by atoms with E-state index in [4.69, 9.17) is 4.74 Å². The van der Waals surface area contributed by atoms with Crippen LogP contribution >= 0.6 is 0 Å². The summed E-state index contributed by atoms with van der Waals surface area (Å²) in [6.45, 7) is 0.398. The predicted molar refractivity (Wildman–Crippen MR) is 69.3 cm³/mol. The molecule has 1 aliphatic rings. The van der Waals surface area contributed by atoms with E-state index in [-0.39, 0.29) is 11.3 Å². The Bertz CT molecular complexity index is 532. The molecule has 0 unspecified atom stereocenters. The molecule has 1 aliphatic heterocycles. The molecule has 1 saturated heterocycles. The average molecular weight is 281 g/mol. The standard InChI is InChI=1S/C14H16FNO4/c1-20-12-8-9(5-6-10(12)15)13(17)16-7-3-2-4-11(16)14(18)19/h5-6,8,11H,2-4,7H2,1H3,(H,18,19)/t11-/m0/s1. The van der Waals surface area contributed by atoms with E-state index in [1.807, 2.05) is 0 Å². The Morgan fingerprint density at radius 2 is 2.15 bits per heavy atom. The van der Waals surface area contributed by atoms with Crippen LogP contribution in [-0.2, 0) is 4.79 Å². The molecule has 108 valence electrons. The summed E-state index contributed by atoms with van der Waals surface area (Å²) in [5.74, 6) is -2.00. The lowest BCUT2D eigenvalue weighted by Crippen LogP contribution is -2.47. The molecule has 5 nitrogen and oxygen atoms in total. The molecule has 6 heteroatoms. The molecule has 0 aromatic heterocycles. The Morgan fingerprint density at radius 3 is 2.80 bits per heavy atom. The van der Waals surface area contributed by atoms with Gasteiger partial charge in [-0.2, -0.15) is 0 Å². The monoisotopic (exact) mass is 281 g/mol. The van der Waals surface area contributed by atoms with Gasteiger partial charge in [0.25, 0.3) is 5.91 Å². The average Bonchev–Trinajstić information content (AvgIpc) is 2.47. The van der Waals surface area contributed by atoms with Crippen molar-refractivity contribution in [3.63, 3.8) is 0 Å². The second kappa shape index (κ2) is 5.90. The molecule has 0 saturated carbocycles. The smallest absolute Gasteiger partial charge is 0.326 e. The number of piperidine rings is 1.